The molecular formula is C12H14O3. The molecule has 0 heterocycles. The third-order valence-corrected chi connectivity index (χ3v) is 2.99. The molecule has 0 amide bonds. The molecule has 80 valence electrons. The van der Waals surface area contributed by atoms with E-state index < -0.39 is 5.97 Å². The van der Waals surface area contributed by atoms with E-state index in [1.54, 1.807) is 7.11 Å². The number of carbonyl (C=O) groups is 1. The van der Waals surface area contributed by atoms with E-state index in [0.717, 1.165) is 24.2 Å². The van der Waals surface area contributed by atoms with Gasteiger partial charge >= 0.3 is 5.97 Å². The maximum atomic E-state index is 10.9. The zero-order valence-corrected chi connectivity index (χ0v) is 8.69. The van der Waals surface area contributed by atoms with Crippen LogP contribution >= 0.6 is 0 Å². The molecule has 0 bridgehead atoms. The number of hydrogen-bond donors (Lipinski definition) is 1. The Labute approximate surface area is 88.7 Å². The van der Waals surface area contributed by atoms with Crippen molar-refractivity contribution < 1.29 is 14.6 Å². The van der Waals surface area contributed by atoms with Crippen molar-refractivity contribution in [2.24, 2.45) is 5.92 Å². The van der Waals surface area contributed by atoms with E-state index in [2.05, 4.69) is 0 Å². The lowest BCUT2D eigenvalue weighted by atomic mass is 9.84. The van der Waals surface area contributed by atoms with Gasteiger partial charge in [0.1, 0.15) is 5.75 Å². The zero-order valence-electron chi connectivity index (χ0n) is 8.69. The second kappa shape index (κ2) is 3.93. The molecule has 0 saturated heterocycles. The number of aryl methyl sites for hydroxylation is 1. The third kappa shape index (κ3) is 1.96. The van der Waals surface area contributed by atoms with Crippen molar-refractivity contribution in [2.45, 2.75) is 19.3 Å². The number of carboxylic acids is 1. The first-order valence-corrected chi connectivity index (χ1v) is 5.09. The number of ether oxygens (including phenoxy) is 1. The van der Waals surface area contributed by atoms with Crippen LogP contribution in [0, 0.1) is 5.92 Å². The summed E-state index contributed by atoms with van der Waals surface area (Å²) in [4.78, 5) is 10.9. The molecule has 0 aliphatic heterocycles. The highest BCUT2D eigenvalue weighted by atomic mass is 16.5. The minimum atomic E-state index is -0.691. The SMILES string of the molecule is COc1ccc2c(c1)C[C@@H](C(=O)O)CC2. The normalized spacial score (nSPS) is 19.4. The predicted molar refractivity (Wildman–Crippen MR) is 56.1 cm³/mol. The maximum Gasteiger partial charge on any atom is 0.306 e. The van der Waals surface area contributed by atoms with Crippen LogP contribution in [0.15, 0.2) is 18.2 Å². The maximum absolute atomic E-state index is 10.9. The van der Waals surface area contributed by atoms with E-state index in [1.165, 1.54) is 5.56 Å². The summed E-state index contributed by atoms with van der Waals surface area (Å²) in [5.74, 6) is -0.118. The number of rotatable bonds is 2. The first kappa shape index (κ1) is 10.0. The summed E-state index contributed by atoms with van der Waals surface area (Å²) in [7, 11) is 1.62. The Bertz CT molecular complexity index is 384. The van der Waals surface area contributed by atoms with Gasteiger partial charge in [0.2, 0.25) is 0 Å². The van der Waals surface area contributed by atoms with Crippen molar-refractivity contribution in [3.8, 4) is 5.75 Å². The number of carboxylic acid groups (broad SMARTS) is 1. The van der Waals surface area contributed by atoms with Crippen LogP contribution in [0.4, 0.5) is 0 Å². The molecule has 0 unspecified atom stereocenters. The Balaban J connectivity index is 2.27. The third-order valence-electron chi connectivity index (χ3n) is 2.99. The van der Waals surface area contributed by atoms with Gasteiger partial charge in [-0.25, -0.2) is 0 Å². The van der Waals surface area contributed by atoms with Crippen LogP contribution in [0.3, 0.4) is 0 Å². The second-order valence-electron chi connectivity index (χ2n) is 3.91. The Morgan fingerprint density at radius 3 is 2.93 bits per heavy atom. The molecule has 0 radical (unpaired) electrons. The molecule has 3 nitrogen and oxygen atoms in total. The Morgan fingerprint density at radius 2 is 2.27 bits per heavy atom. The molecule has 1 N–H and O–H groups in total. The fraction of sp³-hybridized carbons (Fsp3) is 0.417. The van der Waals surface area contributed by atoms with Crippen LogP contribution in [0.5, 0.6) is 5.75 Å². The van der Waals surface area contributed by atoms with Gasteiger partial charge in [-0.3, -0.25) is 4.79 Å². The monoisotopic (exact) mass is 206 g/mol. The Hall–Kier alpha value is -1.51. The van der Waals surface area contributed by atoms with Gasteiger partial charge in [0, 0.05) is 0 Å². The largest absolute Gasteiger partial charge is 0.497 e. The zero-order chi connectivity index (χ0) is 10.8. The topological polar surface area (TPSA) is 46.5 Å². The highest BCUT2D eigenvalue weighted by Gasteiger charge is 2.24. The summed E-state index contributed by atoms with van der Waals surface area (Å²) >= 11 is 0. The number of hydrogen-bond acceptors (Lipinski definition) is 2. The van der Waals surface area contributed by atoms with Gasteiger partial charge in [-0.2, -0.15) is 0 Å². The quantitative estimate of drug-likeness (QED) is 0.803. The molecular weight excluding hydrogens is 192 g/mol. The second-order valence-corrected chi connectivity index (χ2v) is 3.91. The predicted octanol–water partition coefficient (Wildman–Crippen LogP) is 1.88. The first-order valence-electron chi connectivity index (χ1n) is 5.09. The van der Waals surface area contributed by atoms with Gasteiger partial charge in [-0.1, -0.05) is 6.07 Å². The van der Waals surface area contributed by atoms with Crippen LogP contribution in [0.1, 0.15) is 17.5 Å². The van der Waals surface area contributed by atoms with Crippen molar-refractivity contribution >= 4 is 5.97 Å². The molecule has 1 aliphatic rings. The molecule has 0 fully saturated rings. The summed E-state index contributed by atoms with van der Waals surface area (Å²) in [6.45, 7) is 0. The van der Waals surface area contributed by atoms with Crippen LogP contribution in [0.2, 0.25) is 0 Å². The van der Waals surface area contributed by atoms with E-state index in [0.29, 0.717) is 6.42 Å². The van der Waals surface area contributed by atoms with E-state index in [4.69, 9.17) is 9.84 Å². The fourth-order valence-electron chi connectivity index (χ4n) is 2.07. The highest BCUT2D eigenvalue weighted by Crippen LogP contribution is 2.28. The van der Waals surface area contributed by atoms with Crippen LogP contribution in [-0.2, 0) is 17.6 Å². The lowest BCUT2D eigenvalue weighted by Crippen LogP contribution is -2.22. The lowest BCUT2D eigenvalue weighted by molar-refractivity contribution is -0.142. The molecule has 0 spiro atoms. The summed E-state index contributed by atoms with van der Waals surface area (Å²) in [6.07, 6.45) is 2.23. The molecule has 1 atom stereocenters. The molecule has 1 aliphatic carbocycles. The minimum Gasteiger partial charge on any atom is -0.497 e. The van der Waals surface area contributed by atoms with Gasteiger partial charge < -0.3 is 9.84 Å². The molecule has 1 aromatic carbocycles. The Morgan fingerprint density at radius 1 is 1.47 bits per heavy atom. The number of methoxy groups -OCH3 is 1. The van der Waals surface area contributed by atoms with E-state index >= 15 is 0 Å². The smallest absolute Gasteiger partial charge is 0.306 e. The van der Waals surface area contributed by atoms with Gasteiger partial charge in [0.25, 0.3) is 0 Å². The average molecular weight is 206 g/mol. The standard InChI is InChI=1S/C12H14O3/c1-15-11-5-4-8-2-3-9(12(13)14)6-10(8)7-11/h4-5,7,9H,2-3,6H2,1H3,(H,13,14)/t9-/m0/s1. The van der Waals surface area contributed by atoms with Crippen molar-refractivity contribution in [3.63, 3.8) is 0 Å². The van der Waals surface area contributed by atoms with E-state index in [9.17, 15) is 4.79 Å². The van der Waals surface area contributed by atoms with Gasteiger partial charge in [0.15, 0.2) is 0 Å². The van der Waals surface area contributed by atoms with Crippen molar-refractivity contribution in [2.75, 3.05) is 7.11 Å². The summed E-state index contributed by atoms with van der Waals surface area (Å²) < 4.78 is 5.13. The first-order chi connectivity index (χ1) is 7.20. The van der Waals surface area contributed by atoms with Gasteiger partial charge in [0.05, 0.1) is 13.0 Å². The molecule has 15 heavy (non-hydrogen) atoms. The Kier molecular flexibility index (Phi) is 2.62. The van der Waals surface area contributed by atoms with Crippen molar-refractivity contribution in [3.05, 3.63) is 29.3 Å². The van der Waals surface area contributed by atoms with E-state index in [-0.39, 0.29) is 5.92 Å². The summed E-state index contributed by atoms with van der Waals surface area (Å²) in [6, 6.07) is 5.91. The molecule has 1 aromatic rings. The fourth-order valence-corrected chi connectivity index (χ4v) is 2.07. The summed E-state index contributed by atoms with van der Waals surface area (Å²) in [5, 5.41) is 8.96. The van der Waals surface area contributed by atoms with Crippen LogP contribution < -0.4 is 4.74 Å². The number of aliphatic carboxylic acids is 1. The summed E-state index contributed by atoms with van der Waals surface area (Å²) in [5.41, 5.74) is 2.38. The van der Waals surface area contributed by atoms with Gasteiger partial charge in [-0.05, 0) is 42.5 Å². The van der Waals surface area contributed by atoms with E-state index in [1.807, 2.05) is 18.2 Å². The van der Waals surface area contributed by atoms with Crippen LogP contribution in [0.25, 0.3) is 0 Å². The lowest BCUT2D eigenvalue weighted by Gasteiger charge is -2.21. The number of fused-ring (bicyclic) bond motifs is 1. The molecule has 3 heteroatoms. The van der Waals surface area contributed by atoms with Crippen LogP contribution in [-0.4, -0.2) is 18.2 Å². The van der Waals surface area contributed by atoms with Crippen molar-refractivity contribution in [1.29, 1.82) is 0 Å². The minimum absolute atomic E-state index is 0.232. The molecule has 2 rings (SSSR count). The van der Waals surface area contributed by atoms with Gasteiger partial charge in [-0.15, -0.1) is 0 Å². The number of benzene rings is 1. The van der Waals surface area contributed by atoms with Crippen molar-refractivity contribution in [1.82, 2.24) is 0 Å². The molecule has 0 saturated carbocycles. The average Bonchev–Trinajstić information content (AvgIpc) is 2.27. The molecule has 0 aromatic heterocycles. The highest BCUT2D eigenvalue weighted by molar-refractivity contribution is 5.71.